The second-order valence-electron chi connectivity index (χ2n) is 6.94. The molecule has 0 spiro atoms. The highest BCUT2D eigenvalue weighted by molar-refractivity contribution is 6.03. The van der Waals surface area contributed by atoms with Crippen LogP contribution in [0, 0.1) is 6.92 Å². The predicted molar refractivity (Wildman–Crippen MR) is 114 cm³/mol. The van der Waals surface area contributed by atoms with E-state index in [1.807, 2.05) is 44.2 Å². The second-order valence-corrected chi connectivity index (χ2v) is 6.94. The van der Waals surface area contributed by atoms with Crippen molar-refractivity contribution in [3.63, 3.8) is 0 Å². The largest absolute Gasteiger partial charge is 0.453 e. The van der Waals surface area contributed by atoms with Crippen LogP contribution in [0.1, 0.15) is 28.4 Å². The Bertz CT molecular complexity index is 918. The number of pyridine rings is 1. The highest BCUT2D eigenvalue weighted by Gasteiger charge is 2.25. The molecule has 1 aromatic heterocycles. The average molecular weight is 413 g/mol. The van der Waals surface area contributed by atoms with E-state index in [0.29, 0.717) is 43.5 Å². The molecule has 0 saturated carbocycles. The summed E-state index contributed by atoms with van der Waals surface area (Å²) >= 11 is 0. The van der Waals surface area contributed by atoms with Crippen molar-refractivity contribution in [1.82, 2.24) is 15.6 Å². The van der Waals surface area contributed by atoms with Gasteiger partial charge in [0, 0.05) is 25.4 Å². The van der Waals surface area contributed by atoms with Gasteiger partial charge in [-0.05, 0) is 43.2 Å². The van der Waals surface area contributed by atoms with Gasteiger partial charge in [0.15, 0.2) is 0 Å². The van der Waals surface area contributed by atoms with Crippen LogP contribution in [-0.4, -0.2) is 49.9 Å². The van der Waals surface area contributed by atoms with Crippen molar-refractivity contribution in [1.29, 1.82) is 0 Å². The maximum atomic E-state index is 12.3. The van der Waals surface area contributed by atoms with Gasteiger partial charge in [-0.1, -0.05) is 12.1 Å². The van der Waals surface area contributed by atoms with Crippen molar-refractivity contribution < 1.29 is 19.1 Å². The number of aryl methyl sites for hydroxylation is 1. The van der Waals surface area contributed by atoms with Crippen LogP contribution in [0.5, 0.6) is 0 Å². The molecule has 4 N–H and O–H groups in total. The molecule has 0 unspecified atom stereocenters. The number of nitrogens with zero attached hydrogens (tertiary/aromatic N) is 1. The maximum absolute atomic E-state index is 12.3. The number of anilines is 3. The Morgan fingerprint density at radius 3 is 2.90 bits per heavy atom. The fourth-order valence-electron chi connectivity index (χ4n) is 3.16. The summed E-state index contributed by atoms with van der Waals surface area (Å²) in [5, 5.41) is 12.0. The van der Waals surface area contributed by atoms with E-state index < -0.39 is 6.09 Å². The first kappa shape index (κ1) is 21.4. The molecular formula is C21H27N5O4. The summed E-state index contributed by atoms with van der Waals surface area (Å²) in [5.41, 5.74) is 3.35. The Morgan fingerprint density at radius 1 is 1.33 bits per heavy atom. The van der Waals surface area contributed by atoms with Gasteiger partial charge in [-0.3, -0.25) is 4.79 Å². The van der Waals surface area contributed by atoms with Gasteiger partial charge in [0.1, 0.15) is 11.6 Å². The Balaban J connectivity index is 1.79. The summed E-state index contributed by atoms with van der Waals surface area (Å²) in [5.74, 6) is 0.923. The van der Waals surface area contributed by atoms with Crippen LogP contribution < -0.4 is 21.3 Å². The van der Waals surface area contributed by atoms with Crippen LogP contribution in [0.25, 0.3) is 0 Å². The molecule has 2 aromatic rings. The molecule has 160 valence electrons. The summed E-state index contributed by atoms with van der Waals surface area (Å²) in [6, 6.07) is 9.38. The molecule has 1 aliphatic heterocycles. The topological polar surface area (TPSA) is 114 Å². The zero-order valence-electron chi connectivity index (χ0n) is 17.4. The summed E-state index contributed by atoms with van der Waals surface area (Å²) < 4.78 is 10.1. The Hall–Kier alpha value is -3.33. The van der Waals surface area contributed by atoms with E-state index >= 15 is 0 Å². The summed E-state index contributed by atoms with van der Waals surface area (Å²) in [4.78, 5) is 28.5. The number of carbonyl (C=O) groups excluding carboxylic acids is 2. The molecule has 0 bridgehead atoms. The van der Waals surface area contributed by atoms with Crippen molar-refractivity contribution in [2.75, 3.05) is 37.5 Å². The first-order valence-electron chi connectivity index (χ1n) is 9.82. The van der Waals surface area contributed by atoms with Crippen LogP contribution >= 0.6 is 0 Å². The Kier molecular flexibility index (Phi) is 7.08. The highest BCUT2D eigenvalue weighted by Crippen LogP contribution is 2.28. The van der Waals surface area contributed by atoms with Crippen molar-refractivity contribution in [2.45, 2.75) is 26.4 Å². The van der Waals surface area contributed by atoms with Gasteiger partial charge in [0.05, 0.1) is 25.3 Å². The molecule has 0 saturated heterocycles. The number of aromatic nitrogens is 1. The normalized spacial score (nSPS) is 13.2. The predicted octanol–water partition coefficient (Wildman–Crippen LogP) is 2.55. The fraction of sp³-hybridized carbons (Fsp3) is 0.381. The molecule has 1 aliphatic rings. The number of fused-ring (bicyclic) bond motifs is 1. The molecule has 30 heavy (non-hydrogen) atoms. The van der Waals surface area contributed by atoms with E-state index in [4.69, 9.17) is 4.74 Å². The van der Waals surface area contributed by atoms with Gasteiger partial charge >= 0.3 is 6.09 Å². The molecule has 3 rings (SSSR count). The lowest BCUT2D eigenvalue weighted by Gasteiger charge is -2.19. The van der Waals surface area contributed by atoms with E-state index in [1.165, 1.54) is 7.11 Å². The van der Waals surface area contributed by atoms with Crippen LogP contribution in [0.4, 0.5) is 22.1 Å². The summed E-state index contributed by atoms with van der Waals surface area (Å²) in [6.45, 7) is 5.58. The number of hydrogen-bond acceptors (Lipinski definition) is 7. The lowest BCUT2D eigenvalue weighted by molar-refractivity contribution is 0.0966. The zero-order valence-corrected chi connectivity index (χ0v) is 17.4. The average Bonchev–Trinajstić information content (AvgIpc) is 3.11. The molecule has 1 atom stereocenters. The Labute approximate surface area is 175 Å². The van der Waals surface area contributed by atoms with Crippen molar-refractivity contribution >= 4 is 29.3 Å². The zero-order chi connectivity index (χ0) is 21.5. The van der Waals surface area contributed by atoms with Gasteiger partial charge in [-0.25, -0.2) is 9.78 Å². The van der Waals surface area contributed by atoms with Gasteiger partial charge < -0.3 is 30.7 Å². The van der Waals surface area contributed by atoms with Crippen molar-refractivity contribution in [3.05, 3.63) is 47.0 Å². The SMILES string of the molecule is CCOC[C@@H](CNc1cc2c(c(Nc3cccc(C)c3)n1)C(=O)NC2)NC(=O)OC. The van der Waals surface area contributed by atoms with Crippen molar-refractivity contribution in [2.24, 2.45) is 0 Å². The van der Waals surface area contributed by atoms with Gasteiger partial charge in [-0.15, -0.1) is 0 Å². The molecule has 9 heteroatoms. The third-order valence-electron chi connectivity index (χ3n) is 4.61. The van der Waals surface area contributed by atoms with Crippen LogP contribution in [0.2, 0.25) is 0 Å². The minimum Gasteiger partial charge on any atom is -0.453 e. The second kappa shape index (κ2) is 9.93. The number of benzene rings is 1. The van der Waals surface area contributed by atoms with E-state index in [-0.39, 0.29) is 11.9 Å². The minimum absolute atomic E-state index is 0.152. The fourth-order valence-corrected chi connectivity index (χ4v) is 3.16. The Morgan fingerprint density at radius 2 is 2.17 bits per heavy atom. The van der Waals surface area contributed by atoms with Crippen LogP contribution in [0.15, 0.2) is 30.3 Å². The van der Waals surface area contributed by atoms with E-state index in [2.05, 4.69) is 31.0 Å². The molecular weight excluding hydrogens is 386 g/mol. The van der Waals surface area contributed by atoms with Gasteiger partial charge in [0.25, 0.3) is 5.91 Å². The van der Waals surface area contributed by atoms with Crippen molar-refractivity contribution in [3.8, 4) is 0 Å². The standard InChI is InChI=1S/C21H27N5O4/c1-4-30-12-16(25-21(28)29-3)11-22-17-9-14-10-23-20(27)18(14)19(26-17)24-15-7-5-6-13(2)8-15/h5-9,16H,4,10-12H2,1-3H3,(H,23,27)(H,25,28)(H2,22,24,26)/t16-/m1/s1. The first-order chi connectivity index (χ1) is 14.5. The quantitative estimate of drug-likeness (QED) is 0.500. The number of alkyl carbamates (subject to hydrolysis) is 1. The number of methoxy groups -OCH3 is 1. The van der Waals surface area contributed by atoms with Gasteiger partial charge in [-0.2, -0.15) is 0 Å². The van der Waals surface area contributed by atoms with E-state index in [1.54, 1.807) is 0 Å². The van der Waals surface area contributed by atoms with E-state index in [0.717, 1.165) is 16.8 Å². The minimum atomic E-state index is -0.528. The molecule has 9 nitrogen and oxygen atoms in total. The number of rotatable bonds is 9. The molecule has 2 amide bonds. The number of nitrogens with one attached hydrogen (secondary N) is 4. The van der Waals surface area contributed by atoms with E-state index in [9.17, 15) is 9.59 Å². The third kappa shape index (κ3) is 5.38. The lowest BCUT2D eigenvalue weighted by atomic mass is 10.1. The number of carbonyl (C=O) groups is 2. The molecule has 0 radical (unpaired) electrons. The molecule has 0 aliphatic carbocycles. The molecule has 1 aromatic carbocycles. The number of amides is 2. The lowest BCUT2D eigenvalue weighted by Crippen LogP contribution is -2.43. The van der Waals surface area contributed by atoms with Gasteiger partial charge in [0.2, 0.25) is 0 Å². The first-order valence-corrected chi connectivity index (χ1v) is 9.82. The number of ether oxygens (including phenoxy) is 2. The summed E-state index contributed by atoms with van der Waals surface area (Å²) in [6.07, 6.45) is -0.528. The van der Waals surface area contributed by atoms with Crippen LogP contribution in [-0.2, 0) is 16.0 Å². The number of hydrogen-bond donors (Lipinski definition) is 4. The maximum Gasteiger partial charge on any atom is 0.407 e. The smallest absolute Gasteiger partial charge is 0.407 e. The third-order valence-corrected chi connectivity index (χ3v) is 4.61. The monoisotopic (exact) mass is 413 g/mol. The van der Waals surface area contributed by atoms with Crippen LogP contribution in [0.3, 0.4) is 0 Å². The highest BCUT2D eigenvalue weighted by atomic mass is 16.5. The molecule has 2 heterocycles. The summed E-state index contributed by atoms with van der Waals surface area (Å²) in [7, 11) is 1.32. The molecule has 0 fully saturated rings.